The van der Waals surface area contributed by atoms with Crippen molar-refractivity contribution in [2.45, 2.75) is 25.3 Å². The Labute approximate surface area is 167 Å². The van der Waals surface area contributed by atoms with Gasteiger partial charge in [0, 0.05) is 18.0 Å². The Bertz CT molecular complexity index is 1040. The van der Waals surface area contributed by atoms with E-state index in [-0.39, 0.29) is 0 Å². The van der Waals surface area contributed by atoms with Crippen LogP contribution >= 0.6 is 0 Å². The first-order chi connectivity index (χ1) is 14.0. The Balaban J connectivity index is 1.39. The fourth-order valence-corrected chi connectivity index (χ4v) is 3.89. The summed E-state index contributed by atoms with van der Waals surface area (Å²) in [5.41, 5.74) is 10.6. The molecule has 2 heterocycles. The molecule has 2 aromatic carbocycles. The highest BCUT2D eigenvalue weighted by atomic mass is 16.5. The molecule has 1 saturated heterocycles. The number of amides is 2. The molecule has 2 amide bonds. The van der Waals surface area contributed by atoms with Crippen LogP contribution in [-0.2, 0) is 6.54 Å². The van der Waals surface area contributed by atoms with Crippen molar-refractivity contribution in [3.63, 3.8) is 0 Å². The van der Waals surface area contributed by atoms with E-state index < -0.39 is 11.8 Å². The smallest absolute Gasteiger partial charge is 0.274 e. The number of carbonyl (C=O) groups is 2. The second-order valence-electron chi connectivity index (χ2n) is 7.38. The molecule has 1 aliphatic rings. The molecule has 0 bridgehead atoms. The third-order valence-electron chi connectivity index (χ3n) is 5.49. The lowest BCUT2D eigenvalue weighted by Crippen LogP contribution is -2.32. The number of carbonyl (C=O) groups excluding carboxylic acids is 2. The summed E-state index contributed by atoms with van der Waals surface area (Å²) < 4.78 is 0. The van der Waals surface area contributed by atoms with E-state index in [9.17, 15) is 9.59 Å². The molecule has 1 aromatic heterocycles. The van der Waals surface area contributed by atoms with E-state index in [1.165, 1.54) is 0 Å². The summed E-state index contributed by atoms with van der Waals surface area (Å²) in [6.45, 7) is 2.67. The number of hydrogen-bond acceptors (Lipinski definition) is 5. The van der Waals surface area contributed by atoms with Crippen LogP contribution in [0.3, 0.4) is 0 Å². The average molecular weight is 393 g/mol. The molecule has 1 aliphatic heterocycles. The number of hydroxylamine groups is 1. The third-order valence-corrected chi connectivity index (χ3v) is 5.49. The van der Waals surface area contributed by atoms with Crippen LogP contribution in [0.4, 0.5) is 0 Å². The van der Waals surface area contributed by atoms with Gasteiger partial charge in [0.25, 0.3) is 11.8 Å². The third kappa shape index (κ3) is 3.98. The molecule has 1 fully saturated rings. The van der Waals surface area contributed by atoms with Gasteiger partial charge in [0.2, 0.25) is 0 Å². The number of H-pyrrole nitrogens is 1. The molecule has 0 aliphatic carbocycles. The van der Waals surface area contributed by atoms with Gasteiger partial charge < -0.3 is 10.7 Å². The van der Waals surface area contributed by atoms with Crippen molar-refractivity contribution >= 4 is 22.8 Å². The number of primary amides is 1. The summed E-state index contributed by atoms with van der Waals surface area (Å²) in [5.74, 6) is 0.247. The second-order valence-corrected chi connectivity index (χ2v) is 7.38. The Morgan fingerprint density at radius 2 is 1.90 bits per heavy atom. The van der Waals surface area contributed by atoms with E-state index >= 15 is 0 Å². The quantitative estimate of drug-likeness (QED) is 0.391. The average Bonchev–Trinajstić information content (AvgIpc) is 3.18. The number of piperidine rings is 1. The Morgan fingerprint density at radius 1 is 1.17 bits per heavy atom. The van der Waals surface area contributed by atoms with E-state index in [0.29, 0.717) is 22.6 Å². The number of imidazole rings is 1. The largest absolute Gasteiger partial charge is 0.366 e. The first-order valence-electron chi connectivity index (χ1n) is 9.59. The standard InChI is InChI=1S/C21H23N5O3/c22-19(27)16-2-1-3-17-18(16)24-20(23-17)14-8-10-26(11-9-14)12-13-4-6-15(7-5-13)21(28)25-29/h1-7,14,29H,8-12H2,(H2,22,27)(H,23,24)(H,25,28). The van der Waals surface area contributed by atoms with Crippen LogP contribution < -0.4 is 11.2 Å². The van der Waals surface area contributed by atoms with Crippen LogP contribution in [0, 0.1) is 0 Å². The molecule has 5 N–H and O–H groups in total. The van der Waals surface area contributed by atoms with Crippen LogP contribution in [0.25, 0.3) is 11.0 Å². The first kappa shape index (κ1) is 19.1. The Kier molecular flexibility index (Phi) is 5.28. The number of aromatic amines is 1. The molecule has 4 rings (SSSR count). The lowest BCUT2D eigenvalue weighted by atomic mass is 9.96. The van der Waals surface area contributed by atoms with Gasteiger partial charge in [-0.05, 0) is 55.8 Å². The minimum atomic E-state index is -0.511. The zero-order valence-electron chi connectivity index (χ0n) is 15.9. The van der Waals surface area contributed by atoms with Gasteiger partial charge >= 0.3 is 0 Å². The zero-order chi connectivity index (χ0) is 20.4. The van der Waals surface area contributed by atoms with Crippen molar-refractivity contribution < 1.29 is 14.8 Å². The SMILES string of the molecule is NC(=O)c1cccc2[nH]c(C3CCN(Cc4ccc(C(=O)NO)cc4)CC3)nc12. The van der Waals surface area contributed by atoms with E-state index in [0.717, 1.165) is 49.4 Å². The fraction of sp³-hybridized carbons (Fsp3) is 0.286. The maximum absolute atomic E-state index is 11.6. The van der Waals surface area contributed by atoms with Crippen LogP contribution in [0.1, 0.15) is 50.9 Å². The number of hydrogen-bond donors (Lipinski definition) is 4. The number of aromatic nitrogens is 2. The predicted octanol–water partition coefficient (Wildman–Crippen LogP) is 2.16. The van der Waals surface area contributed by atoms with Gasteiger partial charge in [-0.2, -0.15) is 0 Å². The number of para-hydroxylation sites is 1. The number of likely N-dealkylation sites (tertiary alicyclic amines) is 1. The van der Waals surface area contributed by atoms with Gasteiger partial charge in [0.15, 0.2) is 0 Å². The van der Waals surface area contributed by atoms with E-state index in [4.69, 9.17) is 10.9 Å². The Hall–Kier alpha value is -3.23. The highest BCUT2D eigenvalue weighted by Crippen LogP contribution is 2.29. The summed E-state index contributed by atoms with van der Waals surface area (Å²) in [6, 6.07) is 12.6. The van der Waals surface area contributed by atoms with E-state index in [1.54, 1.807) is 23.7 Å². The van der Waals surface area contributed by atoms with Crippen molar-refractivity contribution in [3.05, 3.63) is 65.0 Å². The van der Waals surface area contributed by atoms with Gasteiger partial charge in [-0.1, -0.05) is 18.2 Å². The second kappa shape index (κ2) is 8.02. The van der Waals surface area contributed by atoms with Gasteiger partial charge in [0.1, 0.15) is 11.3 Å². The number of nitrogens with one attached hydrogen (secondary N) is 2. The van der Waals surface area contributed by atoms with Crippen molar-refractivity contribution in [1.29, 1.82) is 0 Å². The fourth-order valence-electron chi connectivity index (χ4n) is 3.89. The highest BCUT2D eigenvalue weighted by molar-refractivity contribution is 6.04. The first-order valence-corrected chi connectivity index (χ1v) is 9.59. The van der Waals surface area contributed by atoms with Gasteiger partial charge in [-0.15, -0.1) is 0 Å². The molecule has 29 heavy (non-hydrogen) atoms. The van der Waals surface area contributed by atoms with Crippen LogP contribution in [0.15, 0.2) is 42.5 Å². The lowest BCUT2D eigenvalue weighted by molar-refractivity contribution is 0.0706. The molecule has 3 aromatic rings. The molecule has 0 saturated carbocycles. The summed E-state index contributed by atoms with van der Waals surface area (Å²) in [5, 5.41) is 8.69. The highest BCUT2D eigenvalue weighted by Gasteiger charge is 2.24. The van der Waals surface area contributed by atoms with Crippen molar-refractivity contribution in [3.8, 4) is 0 Å². The molecule has 8 nitrogen and oxygen atoms in total. The van der Waals surface area contributed by atoms with Crippen molar-refractivity contribution in [2.75, 3.05) is 13.1 Å². The van der Waals surface area contributed by atoms with Gasteiger partial charge in [0.05, 0.1) is 11.1 Å². The molecule has 0 radical (unpaired) electrons. The Morgan fingerprint density at radius 3 is 2.55 bits per heavy atom. The maximum Gasteiger partial charge on any atom is 0.274 e. The minimum absolute atomic E-state index is 0.315. The number of benzene rings is 2. The number of nitrogens with two attached hydrogens (primary N) is 1. The monoisotopic (exact) mass is 393 g/mol. The molecule has 0 atom stereocenters. The van der Waals surface area contributed by atoms with Crippen LogP contribution in [0.2, 0.25) is 0 Å². The van der Waals surface area contributed by atoms with Crippen molar-refractivity contribution in [2.24, 2.45) is 5.73 Å². The topological polar surface area (TPSA) is 124 Å². The number of rotatable bonds is 5. The maximum atomic E-state index is 11.6. The van der Waals surface area contributed by atoms with E-state index in [2.05, 4.69) is 14.9 Å². The van der Waals surface area contributed by atoms with Gasteiger partial charge in [-0.25, -0.2) is 10.5 Å². The molecular weight excluding hydrogens is 370 g/mol. The summed E-state index contributed by atoms with van der Waals surface area (Å²) >= 11 is 0. The lowest BCUT2D eigenvalue weighted by Gasteiger charge is -2.31. The minimum Gasteiger partial charge on any atom is -0.366 e. The number of nitrogens with zero attached hydrogens (tertiary/aromatic N) is 2. The predicted molar refractivity (Wildman–Crippen MR) is 108 cm³/mol. The normalized spacial score (nSPS) is 15.5. The number of fused-ring (bicyclic) bond motifs is 1. The molecule has 0 unspecified atom stereocenters. The van der Waals surface area contributed by atoms with Crippen molar-refractivity contribution in [1.82, 2.24) is 20.3 Å². The molecule has 150 valence electrons. The summed E-state index contributed by atoms with van der Waals surface area (Å²) in [4.78, 5) is 33.4. The summed E-state index contributed by atoms with van der Waals surface area (Å²) in [7, 11) is 0. The summed E-state index contributed by atoms with van der Waals surface area (Å²) in [6.07, 6.45) is 1.94. The molecule has 8 heteroatoms. The van der Waals surface area contributed by atoms with Gasteiger partial charge in [-0.3, -0.25) is 19.7 Å². The zero-order valence-corrected chi connectivity index (χ0v) is 15.9. The van der Waals surface area contributed by atoms with Crippen LogP contribution in [-0.4, -0.2) is 45.0 Å². The molecular formula is C21H23N5O3. The molecule has 0 spiro atoms. The van der Waals surface area contributed by atoms with Crippen LogP contribution in [0.5, 0.6) is 0 Å². The van der Waals surface area contributed by atoms with E-state index in [1.807, 2.05) is 24.3 Å².